The van der Waals surface area contributed by atoms with Crippen LogP contribution in [0.3, 0.4) is 0 Å². The molecule has 0 saturated heterocycles. The first-order valence-electron chi connectivity index (χ1n) is 6.63. The van der Waals surface area contributed by atoms with Crippen LogP contribution in [-0.4, -0.2) is 43.1 Å². The highest BCUT2D eigenvalue weighted by Gasteiger charge is 2.31. The lowest BCUT2D eigenvalue weighted by atomic mass is 10.4. The molecule has 4 nitrogen and oxygen atoms in total. The van der Waals surface area contributed by atoms with Gasteiger partial charge in [0.05, 0.1) is 5.25 Å². The van der Waals surface area contributed by atoms with E-state index in [0.717, 1.165) is 6.42 Å². The summed E-state index contributed by atoms with van der Waals surface area (Å²) in [5.74, 6) is 0. The van der Waals surface area contributed by atoms with E-state index in [0.29, 0.717) is 19.1 Å². The molecular weight excluding hydrogens is 236 g/mol. The Morgan fingerprint density at radius 1 is 1.29 bits per heavy atom. The van der Waals surface area contributed by atoms with E-state index in [9.17, 15) is 8.42 Å². The van der Waals surface area contributed by atoms with E-state index in [1.807, 2.05) is 20.8 Å². The van der Waals surface area contributed by atoms with Crippen molar-refractivity contribution in [2.75, 3.05) is 13.1 Å². The van der Waals surface area contributed by atoms with Crippen LogP contribution < -0.4 is 5.32 Å². The van der Waals surface area contributed by atoms with Crippen LogP contribution in [0.15, 0.2) is 0 Å². The molecule has 0 aromatic carbocycles. The molecule has 1 aliphatic carbocycles. The summed E-state index contributed by atoms with van der Waals surface area (Å²) in [5, 5.41) is 2.96. The second kappa shape index (κ2) is 6.16. The maximum atomic E-state index is 12.4. The summed E-state index contributed by atoms with van der Waals surface area (Å²) in [4.78, 5) is 0. The van der Waals surface area contributed by atoms with Crippen molar-refractivity contribution in [2.45, 2.75) is 64.3 Å². The summed E-state index contributed by atoms with van der Waals surface area (Å²) in [7, 11) is -3.16. The Morgan fingerprint density at radius 3 is 2.29 bits per heavy atom. The molecule has 0 aromatic rings. The van der Waals surface area contributed by atoms with Crippen molar-refractivity contribution in [2.24, 2.45) is 0 Å². The smallest absolute Gasteiger partial charge is 0.218 e. The molecule has 17 heavy (non-hydrogen) atoms. The molecule has 5 heteroatoms. The minimum Gasteiger partial charge on any atom is -0.313 e. The molecule has 0 aliphatic heterocycles. The molecule has 1 N–H and O–H groups in total. The average molecular weight is 262 g/mol. The first-order valence-corrected chi connectivity index (χ1v) is 8.14. The Morgan fingerprint density at radius 2 is 1.88 bits per heavy atom. The normalized spacial score (nSPS) is 18.9. The molecule has 0 bridgehead atoms. The zero-order valence-electron chi connectivity index (χ0n) is 11.4. The van der Waals surface area contributed by atoms with Gasteiger partial charge in [-0.05, 0) is 40.0 Å². The lowest BCUT2D eigenvalue weighted by Gasteiger charge is -2.28. The van der Waals surface area contributed by atoms with Crippen LogP contribution in [0.4, 0.5) is 0 Å². The summed E-state index contributed by atoms with van der Waals surface area (Å²) in [6, 6.07) is 0.606. The monoisotopic (exact) mass is 262 g/mol. The van der Waals surface area contributed by atoms with Crippen LogP contribution in [-0.2, 0) is 10.0 Å². The van der Waals surface area contributed by atoms with Crippen LogP contribution in [0, 0.1) is 0 Å². The number of sulfonamides is 1. The summed E-state index contributed by atoms with van der Waals surface area (Å²) < 4.78 is 26.4. The van der Waals surface area contributed by atoms with Gasteiger partial charge in [0.15, 0.2) is 0 Å². The number of hydrogen-bond donors (Lipinski definition) is 1. The Bertz CT molecular complexity index is 323. The van der Waals surface area contributed by atoms with E-state index < -0.39 is 10.0 Å². The SMILES string of the molecule is CCCN(C(C)C)S(=O)(=O)C(C)CNC1CC1. The topological polar surface area (TPSA) is 49.4 Å². The lowest BCUT2D eigenvalue weighted by molar-refractivity contribution is 0.348. The van der Waals surface area contributed by atoms with E-state index in [2.05, 4.69) is 5.32 Å². The van der Waals surface area contributed by atoms with Crippen LogP contribution >= 0.6 is 0 Å². The molecule has 1 rings (SSSR count). The Balaban J connectivity index is 2.60. The molecular formula is C12H26N2O2S. The van der Waals surface area contributed by atoms with Gasteiger partial charge >= 0.3 is 0 Å². The standard InChI is InChI=1S/C12H26N2O2S/c1-5-8-14(10(2)3)17(15,16)11(4)9-13-12-6-7-12/h10-13H,5-9H2,1-4H3. The highest BCUT2D eigenvalue weighted by molar-refractivity contribution is 7.89. The van der Waals surface area contributed by atoms with Gasteiger partial charge in [0, 0.05) is 25.2 Å². The van der Waals surface area contributed by atoms with Crippen molar-refractivity contribution in [3.05, 3.63) is 0 Å². The van der Waals surface area contributed by atoms with E-state index >= 15 is 0 Å². The van der Waals surface area contributed by atoms with Gasteiger partial charge in [0.2, 0.25) is 10.0 Å². The number of rotatable bonds is 8. The molecule has 0 aromatic heterocycles. The van der Waals surface area contributed by atoms with Gasteiger partial charge in [-0.2, -0.15) is 4.31 Å². The summed E-state index contributed by atoms with van der Waals surface area (Å²) in [5.41, 5.74) is 0. The van der Waals surface area contributed by atoms with Crippen molar-refractivity contribution in [1.82, 2.24) is 9.62 Å². The van der Waals surface area contributed by atoms with Crippen LogP contribution in [0.5, 0.6) is 0 Å². The molecule has 1 saturated carbocycles. The zero-order chi connectivity index (χ0) is 13.1. The van der Waals surface area contributed by atoms with Crippen LogP contribution in [0.1, 0.15) is 47.0 Å². The predicted octanol–water partition coefficient (Wildman–Crippen LogP) is 1.58. The highest BCUT2D eigenvalue weighted by Crippen LogP contribution is 2.19. The second-order valence-corrected chi connectivity index (χ2v) is 7.55. The molecule has 0 amide bonds. The molecule has 1 unspecified atom stereocenters. The average Bonchev–Trinajstić information content (AvgIpc) is 3.05. The molecule has 102 valence electrons. The van der Waals surface area contributed by atoms with E-state index in [1.165, 1.54) is 12.8 Å². The summed E-state index contributed by atoms with van der Waals surface area (Å²) in [6.45, 7) is 8.88. The Labute approximate surface area is 106 Å². The van der Waals surface area contributed by atoms with Crippen molar-refractivity contribution >= 4 is 10.0 Å². The third-order valence-electron chi connectivity index (χ3n) is 3.13. The molecule has 0 radical (unpaired) electrons. The lowest BCUT2D eigenvalue weighted by Crippen LogP contribution is -2.45. The Kier molecular flexibility index (Phi) is 5.41. The van der Waals surface area contributed by atoms with Crippen LogP contribution in [0.2, 0.25) is 0 Å². The number of nitrogens with one attached hydrogen (secondary N) is 1. The molecule has 0 spiro atoms. The fraction of sp³-hybridized carbons (Fsp3) is 1.00. The zero-order valence-corrected chi connectivity index (χ0v) is 12.3. The van der Waals surface area contributed by atoms with Crippen LogP contribution in [0.25, 0.3) is 0 Å². The van der Waals surface area contributed by atoms with Gasteiger partial charge in [-0.15, -0.1) is 0 Å². The molecule has 1 fully saturated rings. The quantitative estimate of drug-likeness (QED) is 0.722. The first kappa shape index (κ1) is 14.9. The van der Waals surface area contributed by atoms with Gasteiger partial charge in [0.1, 0.15) is 0 Å². The molecule has 1 atom stereocenters. The van der Waals surface area contributed by atoms with Gasteiger partial charge < -0.3 is 5.32 Å². The predicted molar refractivity (Wildman–Crippen MR) is 71.5 cm³/mol. The van der Waals surface area contributed by atoms with Crippen molar-refractivity contribution in [3.8, 4) is 0 Å². The van der Waals surface area contributed by atoms with E-state index in [4.69, 9.17) is 0 Å². The van der Waals surface area contributed by atoms with Gasteiger partial charge in [0.25, 0.3) is 0 Å². The second-order valence-electron chi connectivity index (χ2n) is 5.24. The Hall–Kier alpha value is -0.130. The van der Waals surface area contributed by atoms with Gasteiger partial charge in [-0.1, -0.05) is 6.92 Å². The number of nitrogens with zero attached hydrogens (tertiary/aromatic N) is 1. The van der Waals surface area contributed by atoms with Gasteiger partial charge in [-0.25, -0.2) is 8.42 Å². The fourth-order valence-corrected chi connectivity index (χ4v) is 3.65. The summed E-state index contributed by atoms with van der Waals surface area (Å²) >= 11 is 0. The maximum Gasteiger partial charge on any atom is 0.218 e. The first-order chi connectivity index (χ1) is 7.89. The van der Waals surface area contributed by atoms with E-state index in [-0.39, 0.29) is 11.3 Å². The molecule has 0 heterocycles. The van der Waals surface area contributed by atoms with Crippen molar-refractivity contribution in [3.63, 3.8) is 0 Å². The van der Waals surface area contributed by atoms with Gasteiger partial charge in [-0.3, -0.25) is 0 Å². The highest BCUT2D eigenvalue weighted by atomic mass is 32.2. The minimum atomic E-state index is -3.16. The summed E-state index contributed by atoms with van der Waals surface area (Å²) in [6.07, 6.45) is 3.24. The third kappa shape index (κ3) is 4.23. The number of hydrogen-bond acceptors (Lipinski definition) is 3. The maximum absolute atomic E-state index is 12.4. The van der Waals surface area contributed by atoms with Crippen molar-refractivity contribution in [1.29, 1.82) is 0 Å². The largest absolute Gasteiger partial charge is 0.313 e. The van der Waals surface area contributed by atoms with E-state index in [1.54, 1.807) is 11.2 Å². The fourth-order valence-electron chi connectivity index (χ4n) is 1.86. The third-order valence-corrected chi connectivity index (χ3v) is 5.57. The minimum absolute atomic E-state index is 0.0447. The molecule has 1 aliphatic rings. The van der Waals surface area contributed by atoms with Crippen molar-refractivity contribution < 1.29 is 8.42 Å².